The Morgan fingerprint density at radius 3 is 2.95 bits per heavy atom. The third-order valence-corrected chi connectivity index (χ3v) is 5.32. The molecule has 22 heavy (non-hydrogen) atoms. The van der Waals surface area contributed by atoms with Gasteiger partial charge in [-0.05, 0) is 34.5 Å². The minimum absolute atomic E-state index is 0.730. The van der Waals surface area contributed by atoms with E-state index < -0.39 is 0 Å². The molecular formula is C16H22BrN5. The lowest BCUT2D eigenvalue weighted by molar-refractivity contribution is 0.170. The fourth-order valence-electron chi connectivity index (χ4n) is 3.65. The summed E-state index contributed by atoms with van der Waals surface area (Å²) in [5.41, 5.74) is 2.30. The minimum atomic E-state index is 0.730. The minimum Gasteiger partial charge on any atom is -0.314 e. The SMILES string of the molecule is Brc1ccc2ncc(CN3CCC(N4CCNCC4)C3)n2c1. The zero-order chi connectivity index (χ0) is 14.9. The standard InChI is InChI=1S/C16H22BrN5/c17-13-1-2-16-19-9-15(22(16)10-13)12-20-6-3-14(11-20)21-7-4-18-5-8-21/h1-2,9-10,14,18H,3-8,11-12H2. The lowest BCUT2D eigenvalue weighted by atomic mass is 10.2. The molecule has 4 heterocycles. The summed E-state index contributed by atoms with van der Waals surface area (Å²) in [6.45, 7) is 8.02. The molecule has 2 aliphatic heterocycles. The summed E-state index contributed by atoms with van der Waals surface area (Å²) >= 11 is 3.55. The molecule has 2 aromatic rings. The number of hydrogen-bond acceptors (Lipinski definition) is 4. The first-order valence-electron chi connectivity index (χ1n) is 8.08. The van der Waals surface area contributed by atoms with Crippen LogP contribution in [0.5, 0.6) is 0 Å². The average Bonchev–Trinajstić information content (AvgIpc) is 3.16. The van der Waals surface area contributed by atoms with Crippen molar-refractivity contribution in [3.05, 3.63) is 34.7 Å². The molecule has 1 unspecified atom stereocenters. The molecule has 118 valence electrons. The van der Waals surface area contributed by atoms with Crippen LogP contribution in [0.3, 0.4) is 0 Å². The first-order valence-corrected chi connectivity index (χ1v) is 8.87. The Bertz CT molecular complexity index is 649. The molecule has 0 saturated carbocycles. The summed E-state index contributed by atoms with van der Waals surface area (Å²) in [6, 6.07) is 4.83. The van der Waals surface area contributed by atoms with Crippen molar-refractivity contribution in [2.45, 2.75) is 19.0 Å². The Labute approximate surface area is 139 Å². The van der Waals surface area contributed by atoms with Gasteiger partial charge in [-0.3, -0.25) is 9.80 Å². The maximum atomic E-state index is 4.51. The number of piperazine rings is 1. The van der Waals surface area contributed by atoms with Gasteiger partial charge in [0.2, 0.25) is 0 Å². The van der Waals surface area contributed by atoms with Gasteiger partial charge in [0.25, 0.3) is 0 Å². The number of imidazole rings is 1. The first kappa shape index (κ1) is 14.6. The topological polar surface area (TPSA) is 35.8 Å². The van der Waals surface area contributed by atoms with Gasteiger partial charge in [-0.25, -0.2) is 4.98 Å². The number of nitrogens with zero attached hydrogens (tertiary/aromatic N) is 4. The zero-order valence-corrected chi connectivity index (χ0v) is 14.3. The van der Waals surface area contributed by atoms with E-state index in [9.17, 15) is 0 Å². The van der Waals surface area contributed by atoms with Crippen LogP contribution in [0.4, 0.5) is 0 Å². The van der Waals surface area contributed by atoms with Gasteiger partial charge >= 0.3 is 0 Å². The molecule has 0 spiro atoms. The number of hydrogen-bond donors (Lipinski definition) is 1. The van der Waals surface area contributed by atoms with Crippen molar-refractivity contribution >= 4 is 21.6 Å². The van der Waals surface area contributed by atoms with Gasteiger partial charge in [0, 0.05) is 62.5 Å². The van der Waals surface area contributed by atoms with E-state index in [1.54, 1.807) is 0 Å². The summed E-state index contributed by atoms with van der Waals surface area (Å²) in [4.78, 5) is 9.73. The first-order chi connectivity index (χ1) is 10.8. The zero-order valence-electron chi connectivity index (χ0n) is 12.7. The van der Waals surface area contributed by atoms with E-state index in [4.69, 9.17) is 0 Å². The van der Waals surface area contributed by atoms with Crippen LogP contribution in [0, 0.1) is 0 Å². The van der Waals surface area contributed by atoms with E-state index in [0.717, 1.165) is 35.8 Å². The highest BCUT2D eigenvalue weighted by atomic mass is 79.9. The van der Waals surface area contributed by atoms with Crippen molar-refractivity contribution in [1.82, 2.24) is 24.5 Å². The predicted octanol–water partition coefficient (Wildman–Crippen LogP) is 1.58. The van der Waals surface area contributed by atoms with Gasteiger partial charge in [-0.15, -0.1) is 0 Å². The van der Waals surface area contributed by atoms with E-state index >= 15 is 0 Å². The van der Waals surface area contributed by atoms with E-state index in [2.05, 4.69) is 52.7 Å². The van der Waals surface area contributed by atoms with Crippen LogP contribution in [-0.2, 0) is 6.54 Å². The molecule has 1 N–H and O–H groups in total. The van der Waals surface area contributed by atoms with Gasteiger partial charge in [0.05, 0.1) is 11.9 Å². The Morgan fingerprint density at radius 1 is 1.23 bits per heavy atom. The van der Waals surface area contributed by atoms with Crippen LogP contribution >= 0.6 is 15.9 Å². The summed E-state index contributed by atoms with van der Waals surface area (Å²) in [7, 11) is 0. The molecule has 2 aromatic heterocycles. The quantitative estimate of drug-likeness (QED) is 0.897. The van der Waals surface area contributed by atoms with Crippen LogP contribution in [0.25, 0.3) is 5.65 Å². The lowest BCUT2D eigenvalue weighted by Crippen LogP contribution is -2.49. The molecule has 2 saturated heterocycles. The van der Waals surface area contributed by atoms with Crippen LogP contribution in [0.2, 0.25) is 0 Å². The maximum Gasteiger partial charge on any atom is 0.136 e. The molecule has 6 heteroatoms. The molecule has 0 aromatic carbocycles. The molecular weight excluding hydrogens is 342 g/mol. The Morgan fingerprint density at radius 2 is 2.09 bits per heavy atom. The number of rotatable bonds is 3. The number of likely N-dealkylation sites (tertiary alicyclic amines) is 1. The van der Waals surface area contributed by atoms with Crippen molar-refractivity contribution in [2.24, 2.45) is 0 Å². The van der Waals surface area contributed by atoms with Gasteiger partial charge in [-0.2, -0.15) is 0 Å². The van der Waals surface area contributed by atoms with Crippen molar-refractivity contribution in [3.63, 3.8) is 0 Å². The molecule has 4 rings (SSSR count). The van der Waals surface area contributed by atoms with Gasteiger partial charge < -0.3 is 9.72 Å². The highest BCUT2D eigenvalue weighted by Gasteiger charge is 2.28. The van der Waals surface area contributed by atoms with E-state index in [-0.39, 0.29) is 0 Å². The molecule has 0 amide bonds. The summed E-state index contributed by atoms with van der Waals surface area (Å²) in [5.74, 6) is 0. The smallest absolute Gasteiger partial charge is 0.136 e. The van der Waals surface area contributed by atoms with Crippen molar-refractivity contribution in [1.29, 1.82) is 0 Å². The van der Waals surface area contributed by atoms with Crippen molar-refractivity contribution < 1.29 is 0 Å². The number of aromatic nitrogens is 2. The van der Waals surface area contributed by atoms with Crippen molar-refractivity contribution in [2.75, 3.05) is 39.3 Å². The molecule has 1 atom stereocenters. The Balaban J connectivity index is 1.44. The lowest BCUT2D eigenvalue weighted by Gasteiger charge is -2.32. The second-order valence-corrected chi connectivity index (χ2v) is 7.20. The van der Waals surface area contributed by atoms with Gasteiger partial charge in [0.15, 0.2) is 0 Å². The number of nitrogens with one attached hydrogen (secondary N) is 1. The molecule has 2 fully saturated rings. The highest BCUT2D eigenvalue weighted by molar-refractivity contribution is 9.10. The van der Waals surface area contributed by atoms with Gasteiger partial charge in [-0.1, -0.05) is 0 Å². The molecule has 0 bridgehead atoms. The number of halogens is 1. The number of fused-ring (bicyclic) bond motifs is 1. The average molecular weight is 364 g/mol. The Hall–Kier alpha value is -0.950. The normalized spacial score (nSPS) is 24.3. The highest BCUT2D eigenvalue weighted by Crippen LogP contribution is 2.20. The third kappa shape index (κ3) is 2.93. The summed E-state index contributed by atoms with van der Waals surface area (Å²) in [5, 5.41) is 3.44. The second kappa shape index (κ2) is 6.28. The monoisotopic (exact) mass is 363 g/mol. The largest absolute Gasteiger partial charge is 0.314 e. The van der Waals surface area contributed by atoms with Crippen LogP contribution in [0.1, 0.15) is 12.1 Å². The third-order valence-electron chi connectivity index (χ3n) is 4.85. The van der Waals surface area contributed by atoms with E-state index in [0.29, 0.717) is 0 Å². The summed E-state index contributed by atoms with van der Waals surface area (Å²) in [6.07, 6.45) is 5.42. The molecule has 2 aliphatic rings. The predicted molar refractivity (Wildman–Crippen MR) is 91.0 cm³/mol. The van der Waals surface area contributed by atoms with Crippen LogP contribution in [0.15, 0.2) is 29.0 Å². The summed E-state index contributed by atoms with van der Waals surface area (Å²) < 4.78 is 3.29. The fraction of sp³-hybridized carbons (Fsp3) is 0.562. The van der Waals surface area contributed by atoms with Crippen molar-refractivity contribution in [3.8, 4) is 0 Å². The van der Waals surface area contributed by atoms with Crippen LogP contribution in [-0.4, -0.2) is 64.5 Å². The Kier molecular flexibility index (Phi) is 4.17. The maximum absolute atomic E-state index is 4.51. The van der Waals surface area contributed by atoms with E-state index in [1.807, 2.05) is 12.3 Å². The van der Waals surface area contributed by atoms with Gasteiger partial charge in [0.1, 0.15) is 5.65 Å². The number of pyridine rings is 1. The molecule has 0 radical (unpaired) electrons. The molecule has 5 nitrogen and oxygen atoms in total. The fourth-order valence-corrected chi connectivity index (χ4v) is 3.99. The second-order valence-electron chi connectivity index (χ2n) is 6.29. The van der Waals surface area contributed by atoms with E-state index in [1.165, 1.54) is 38.3 Å². The van der Waals surface area contributed by atoms with Crippen LogP contribution < -0.4 is 5.32 Å². The molecule has 0 aliphatic carbocycles.